The molecule has 94 valence electrons. The molecule has 2 N–H and O–H groups in total. The summed E-state index contributed by atoms with van der Waals surface area (Å²) in [4.78, 5) is 20.7. The highest BCUT2D eigenvalue weighted by molar-refractivity contribution is 7.99. The van der Waals surface area contributed by atoms with E-state index in [1.807, 2.05) is 0 Å². The standard InChI is InChI=1S/C8H15NO5S2/c1-16(13,14)4-2-3-15-5-7(8(11)12)9-6-10/h6-7H,2-5H2,1H3,(H,9,10)(H,11,12). The van der Waals surface area contributed by atoms with Crippen molar-refractivity contribution in [2.45, 2.75) is 12.5 Å². The van der Waals surface area contributed by atoms with Gasteiger partial charge in [-0.25, -0.2) is 13.2 Å². The number of hydrogen-bond donors (Lipinski definition) is 2. The summed E-state index contributed by atoms with van der Waals surface area (Å²) >= 11 is 1.30. The Hall–Kier alpha value is -0.760. The van der Waals surface area contributed by atoms with Crippen LogP contribution < -0.4 is 5.32 Å². The van der Waals surface area contributed by atoms with E-state index in [9.17, 15) is 18.0 Å². The molecule has 0 saturated heterocycles. The smallest absolute Gasteiger partial charge is 0.327 e. The Morgan fingerprint density at radius 2 is 2.19 bits per heavy atom. The van der Waals surface area contributed by atoms with E-state index >= 15 is 0 Å². The SMILES string of the molecule is CS(=O)(=O)CCCSCC(NC=O)C(=O)O. The van der Waals surface area contributed by atoms with Crippen molar-refractivity contribution in [3.05, 3.63) is 0 Å². The number of thioether (sulfide) groups is 1. The first-order valence-corrected chi connectivity index (χ1v) is 7.76. The summed E-state index contributed by atoms with van der Waals surface area (Å²) < 4.78 is 21.6. The molecule has 16 heavy (non-hydrogen) atoms. The van der Waals surface area contributed by atoms with Crippen LogP contribution in [0.5, 0.6) is 0 Å². The number of carbonyl (C=O) groups excluding carboxylic acids is 1. The van der Waals surface area contributed by atoms with E-state index in [1.54, 1.807) is 0 Å². The highest BCUT2D eigenvalue weighted by Crippen LogP contribution is 2.06. The lowest BCUT2D eigenvalue weighted by Gasteiger charge is -2.09. The molecule has 0 aliphatic heterocycles. The maximum absolute atomic E-state index is 10.8. The molecule has 0 spiro atoms. The van der Waals surface area contributed by atoms with Gasteiger partial charge in [-0.2, -0.15) is 11.8 Å². The van der Waals surface area contributed by atoms with Gasteiger partial charge in [-0.3, -0.25) is 4.79 Å². The van der Waals surface area contributed by atoms with Crippen molar-refractivity contribution in [3.63, 3.8) is 0 Å². The Balaban J connectivity index is 3.71. The molecule has 8 heteroatoms. The zero-order valence-electron chi connectivity index (χ0n) is 8.88. The van der Waals surface area contributed by atoms with Crippen molar-refractivity contribution < 1.29 is 23.1 Å². The van der Waals surface area contributed by atoms with Crippen LogP contribution in [0.25, 0.3) is 0 Å². The summed E-state index contributed by atoms with van der Waals surface area (Å²) in [6, 6.07) is -0.916. The van der Waals surface area contributed by atoms with Gasteiger partial charge >= 0.3 is 5.97 Å². The summed E-state index contributed by atoms with van der Waals surface area (Å²) in [7, 11) is -2.95. The highest BCUT2D eigenvalue weighted by atomic mass is 32.2. The second kappa shape index (κ2) is 7.50. The first-order chi connectivity index (χ1) is 7.37. The summed E-state index contributed by atoms with van der Waals surface area (Å²) in [5.41, 5.74) is 0. The quantitative estimate of drug-likeness (QED) is 0.426. The van der Waals surface area contributed by atoms with Crippen LogP contribution >= 0.6 is 11.8 Å². The lowest BCUT2D eigenvalue weighted by Crippen LogP contribution is -2.37. The van der Waals surface area contributed by atoms with Gasteiger partial charge in [0, 0.05) is 12.0 Å². The van der Waals surface area contributed by atoms with Crippen molar-refractivity contribution >= 4 is 34.0 Å². The second-order valence-corrected chi connectivity index (χ2v) is 6.64. The van der Waals surface area contributed by atoms with Crippen LogP contribution in [-0.4, -0.2) is 55.5 Å². The van der Waals surface area contributed by atoms with E-state index in [2.05, 4.69) is 5.32 Å². The lowest BCUT2D eigenvalue weighted by atomic mass is 10.3. The number of carboxylic acid groups (broad SMARTS) is 1. The predicted molar refractivity (Wildman–Crippen MR) is 62.3 cm³/mol. The molecule has 6 nitrogen and oxygen atoms in total. The van der Waals surface area contributed by atoms with Crippen molar-refractivity contribution in [1.82, 2.24) is 5.32 Å². The molecule has 1 unspecified atom stereocenters. The Morgan fingerprint density at radius 1 is 1.56 bits per heavy atom. The summed E-state index contributed by atoms with van der Waals surface area (Å²) in [6.45, 7) is 0. The van der Waals surface area contributed by atoms with Crippen LogP contribution in [-0.2, 0) is 19.4 Å². The third kappa shape index (κ3) is 8.54. The summed E-state index contributed by atoms with van der Waals surface area (Å²) in [6.07, 6.45) is 1.98. The van der Waals surface area contributed by atoms with E-state index < -0.39 is 21.8 Å². The fourth-order valence-corrected chi connectivity index (χ4v) is 2.74. The minimum Gasteiger partial charge on any atom is -0.480 e. The third-order valence-corrected chi connectivity index (χ3v) is 3.83. The number of sulfone groups is 1. The molecule has 0 aromatic heterocycles. The van der Waals surface area contributed by atoms with Crippen molar-refractivity contribution in [1.29, 1.82) is 0 Å². The van der Waals surface area contributed by atoms with E-state index in [4.69, 9.17) is 5.11 Å². The summed E-state index contributed by atoms with van der Waals surface area (Å²) in [5, 5.41) is 10.8. The molecule has 0 fully saturated rings. The minimum atomic E-state index is -2.95. The van der Waals surface area contributed by atoms with Gasteiger partial charge in [0.25, 0.3) is 0 Å². The first-order valence-electron chi connectivity index (χ1n) is 4.55. The molecule has 1 atom stereocenters. The fourth-order valence-electron chi connectivity index (χ4n) is 0.897. The van der Waals surface area contributed by atoms with Gasteiger partial charge in [0.1, 0.15) is 15.9 Å². The molecule has 0 heterocycles. The highest BCUT2D eigenvalue weighted by Gasteiger charge is 2.15. The van der Waals surface area contributed by atoms with Crippen LogP contribution in [0, 0.1) is 0 Å². The number of hydrogen-bond acceptors (Lipinski definition) is 5. The van der Waals surface area contributed by atoms with Crippen LogP contribution in [0.15, 0.2) is 0 Å². The summed E-state index contributed by atoms with van der Waals surface area (Å²) in [5.74, 6) is -0.212. The molecule has 0 aromatic carbocycles. The van der Waals surface area contributed by atoms with Crippen molar-refractivity contribution in [3.8, 4) is 0 Å². The number of rotatable bonds is 9. The Bertz CT molecular complexity index is 327. The molecule has 0 rings (SSSR count). The zero-order valence-corrected chi connectivity index (χ0v) is 10.5. The van der Waals surface area contributed by atoms with E-state index in [0.717, 1.165) is 6.26 Å². The monoisotopic (exact) mass is 269 g/mol. The third-order valence-electron chi connectivity index (χ3n) is 1.66. The normalized spacial score (nSPS) is 13.1. The molecule has 0 radical (unpaired) electrons. The molecule has 0 saturated carbocycles. The predicted octanol–water partition coefficient (Wildman–Crippen LogP) is -0.646. The van der Waals surface area contributed by atoms with Crippen molar-refractivity contribution in [2.24, 2.45) is 0 Å². The van der Waals surface area contributed by atoms with Crippen LogP contribution in [0.1, 0.15) is 6.42 Å². The van der Waals surface area contributed by atoms with Gasteiger partial charge in [-0.1, -0.05) is 0 Å². The number of nitrogens with one attached hydrogen (secondary N) is 1. The molecule has 0 bridgehead atoms. The maximum Gasteiger partial charge on any atom is 0.327 e. The lowest BCUT2D eigenvalue weighted by molar-refractivity contribution is -0.139. The van der Waals surface area contributed by atoms with Crippen LogP contribution in [0.4, 0.5) is 0 Å². The Kier molecular flexibility index (Phi) is 7.15. The molecular formula is C8H15NO5S2. The van der Waals surface area contributed by atoms with Gasteiger partial charge in [0.15, 0.2) is 0 Å². The zero-order chi connectivity index (χ0) is 12.6. The minimum absolute atomic E-state index is 0.0961. The Labute approximate surface area is 98.7 Å². The van der Waals surface area contributed by atoms with Gasteiger partial charge in [0.2, 0.25) is 6.41 Å². The molecule has 0 aliphatic carbocycles. The fraction of sp³-hybridized carbons (Fsp3) is 0.750. The largest absolute Gasteiger partial charge is 0.480 e. The second-order valence-electron chi connectivity index (χ2n) is 3.23. The number of carboxylic acids is 1. The van der Waals surface area contributed by atoms with Gasteiger partial charge in [0.05, 0.1) is 5.75 Å². The maximum atomic E-state index is 10.8. The Morgan fingerprint density at radius 3 is 2.62 bits per heavy atom. The van der Waals surface area contributed by atoms with Crippen molar-refractivity contribution in [2.75, 3.05) is 23.5 Å². The molecular weight excluding hydrogens is 254 g/mol. The molecule has 0 aromatic rings. The van der Waals surface area contributed by atoms with Gasteiger partial charge in [-0.05, 0) is 12.2 Å². The topological polar surface area (TPSA) is 101 Å². The molecule has 0 aliphatic rings. The van der Waals surface area contributed by atoms with Gasteiger partial charge < -0.3 is 10.4 Å². The van der Waals surface area contributed by atoms with E-state index in [1.165, 1.54) is 11.8 Å². The number of aliphatic carboxylic acids is 1. The van der Waals surface area contributed by atoms with E-state index in [0.29, 0.717) is 18.6 Å². The number of amides is 1. The van der Waals surface area contributed by atoms with Crippen LogP contribution in [0.2, 0.25) is 0 Å². The average Bonchev–Trinajstić information content (AvgIpc) is 2.13. The number of carbonyl (C=O) groups is 2. The van der Waals surface area contributed by atoms with E-state index in [-0.39, 0.29) is 11.5 Å². The van der Waals surface area contributed by atoms with Crippen LogP contribution in [0.3, 0.4) is 0 Å². The average molecular weight is 269 g/mol. The van der Waals surface area contributed by atoms with Gasteiger partial charge in [-0.15, -0.1) is 0 Å². The molecule has 1 amide bonds. The first kappa shape index (κ1) is 15.2.